The van der Waals surface area contributed by atoms with Crippen LogP contribution in [-0.4, -0.2) is 24.9 Å². The Morgan fingerprint density at radius 2 is 1.94 bits per heavy atom. The normalized spacial score (nSPS) is 14.9. The van der Waals surface area contributed by atoms with Crippen molar-refractivity contribution in [3.05, 3.63) is 35.9 Å². The zero-order chi connectivity index (χ0) is 12.7. The molecule has 17 heavy (non-hydrogen) atoms. The van der Waals surface area contributed by atoms with Crippen LogP contribution in [0.3, 0.4) is 0 Å². The van der Waals surface area contributed by atoms with E-state index in [9.17, 15) is 5.11 Å². The standard InChI is InChI=1S/C14H23NO2/c1-12(2)10-17-9-8-14(15,11-16)13-6-4-3-5-7-13/h3-7,12,16H,8-11,15H2,1-2H3. The first-order chi connectivity index (χ1) is 8.08. The summed E-state index contributed by atoms with van der Waals surface area (Å²) in [6.45, 7) is 5.46. The van der Waals surface area contributed by atoms with Gasteiger partial charge in [0.1, 0.15) is 0 Å². The third-order valence-corrected chi connectivity index (χ3v) is 2.77. The van der Waals surface area contributed by atoms with Crippen molar-refractivity contribution in [3.8, 4) is 0 Å². The molecule has 0 radical (unpaired) electrons. The van der Waals surface area contributed by atoms with Crippen LogP contribution in [-0.2, 0) is 10.3 Å². The third kappa shape index (κ3) is 4.46. The van der Waals surface area contributed by atoms with Crippen molar-refractivity contribution in [3.63, 3.8) is 0 Å². The van der Waals surface area contributed by atoms with Gasteiger partial charge in [-0.15, -0.1) is 0 Å². The van der Waals surface area contributed by atoms with Crippen LogP contribution in [0.2, 0.25) is 0 Å². The lowest BCUT2D eigenvalue weighted by molar-refractivity contribution is 0.0785. The predicted octanol–water partition coefficient (Wildman–Crippen LogP) is 1.90. The van der Waals surface area contributed by atoms with Crippen LogP contribution >= 0.6 is 0 Å². The van der Waals surface area contributed by atoms with Crippen LogP contribution < -0.4 is 5.73 Å². The van der Waals surface area contributed by atoms with E-state index in [2.05, 4.69) is 13.8 Å². The fourth-order valence-electron chi connectivity index (χ4n) is 1.66. The van der Waals surface area contributed by atoms with Crippen molar-refractivity contribution >= 4 is 0 Å². The molecule has 96 valence electrons. The Morgan fingerprint density at radius 3 is 2.47 bits per heavy atom. The van der Waals surface area contributed by atoms with Crippen molar-refractivity contribution in [2.45, 2.75) is 25.8 Å². The molecule has 1 unspecified atom stereocenters. The number of aliphatic hydroxyl groups excluding tert-OH is 1. The van der Waals surface area contributed by atoms with E-state index in [-0.39, 0.29) is 6.61 Å². The molecule has 0 fully saturated rings. The lowest BCUT2D eigenvalue weighted by Gasteiger charge is -2.27. The minimum Gasteiger partial charge on any atom is -0.394 e. The lowest BCUT2D eigenvalue weighted by Crippen LogP contribution is -2.41. The summed E-state index contributed by atoms with van der Waals surface area (Å²) in [4.78, 5) is 0. The topological polar surface area (TPSA) is 55.5 Å². The van der Waals surface area contributed by atoms with E-state index in [0.29, 0.717) is 18.9 Å². The maximum absolute atomic E-state index is 9.47. The number of nitrogens with two attached hydrogens (primary N) is 1. The highest BCUT2D eigenvalue weighted by molar-refractivity contribution is 5.23. The number of rotatable bonds is 7. The molecule has 0 saturated carbocycles. The second-order valence-corrected chi connectivity index (χ2v) is 4.90. The van der Waals surface area contributed by atoms with Crippen molar-refractivity contribution in [1.82, 2.24) is 0 Å². The maximum Gasteiger partial charge on any atom is 0.0666 e. The molecule has 3 nitrogen and oxygen atoms in total. The molecule has 0 heterocycles. The van der Waals surface area contributed by atoms with Crippen molar-refractivity contribution in [2.24, 2.45) is 11.7 Å². The van der Waals surface area contributed by atoms with E-state index in [1.54, 1.807) is 0 Å². The lowest BCUT2D eigenvalue weighted by atomic mass is 9.89. The van der Waals surface area contributed by atoms with Gasteiger partial charge in [0.05, 0.1) is 12.1 Å². The Morgan fingerprint density at radius 1 is 1.29 bits per heavy atom. The first kappa shape index (κ1) is 14.2. The van der Waals surface area contributed by atoms with E-state index in [1.165, 1.54) is 0 Å². The average Bonchev–Trinajstić information content (AvgIpc) is 2.35. The highest BCUT2D eigenvalue weighted by atomic mass is 16.5. The first-order valence-electron chi connectivity index (χ1n) is 6.11. The summed E-state index contributed by atoms with van der Waals surface area (Å²) in [7, 11) is 0. The molecule has 1 atom stereocenters. The van der Waals surface area contributed by atoms with Gasteiger partial charge in [0.15, 0.2) is 0 Å². The van der Waals surface area contributed by atoms with E-state index < -0.39 is 5.54 Å². The molecular weight excluding hydrogens is 214 g/mol. The Bertz CT molecular complexity index is 313. The van der Waals surface area contributed by atoms with Crippen molar-refractivity contribution < 1.29 is 9.84 Å². The largest absolute Gasteiger partial charge is 0.394 e. The fraction of sp³-hybridized carbons (Fsp3) is 0.571. The first-order valence-corrected chi connectivity index (χ1v) is 6.11. The molecule has 3 N–H and O–H groups in total. The quantitative estimate of drug-likeness (QED) is 0.712. The van der Waals surface area contributed by atoms with Crippen LogP contribution in [0, 0.1) is 5.92 Å². The smallest absolute Gasteiger partial charge is 0.0666 e. The number of hydrogen-bond donors (Lipinski definition) is 2. The summed E-state index contributed by atoms with van der Waals surface area (Å²) >= 11 is 0. The Balaban J connectivity index is 2.52. The predicted molar refractivity (Wildman–Crippen MR) is 69.7 cm³/mol. The van der Waals surface area contributed by atoms with Gasteiger partial charge in [-0.3, -0.25) is 0 Å². The number of aliphatic hydroxyl groups is 1. The molecule has 1 aromatic carbocycles. The van der Waals surface area contributed by atoms with E-state index in [1.807, 2.05) is 30.3 Å². The Labute approximate surface area is 104 Å². The Hall–Kier alpha value is -0.900. The highest BCUT2D eigenvalue weighted by Crippen LogP contribution is 2.21. The second-order valence-electron chi connectivity index (χ2n) is 4.90. The van der Waals surface area contributed by atoms with Crippen molar-refractivity contribution in [2.75, 3.05) is 19.8 Å². The van der Waals surface area contributed by atoms with Gasteiger partial charge in [-0.1, -0.05) is 44.2 Å². The molecule has 0 spiro atoms. The van der Waals surface area contributed by atoms with Crippen LogP contribution in [0.4, 0.5) is 0 Å². The summed E-state index contributed by atoms with van der Waals surface area (Å²) in [6.07, 6.45) is 0.625. The molecule has 1 aromatic rings. The zero-order valence-electron chi connectivity index (χ0n) is 10.7. The molecule has 0 aliphatic rings. The third-order valence-electron chi connectivity index (χ3n) is 2.77. The van der Waals surface area contributed by atoms with E-state index >= 15 is 0 Å². The number of hydrogen-bond acceptors (Lipinski definition) is 3. The molecule has 0 aromatic heterocycles. The van der Waals surface area contributed by atoms with Gasteiger partial charge in [0.2, 0.25) is 0 Å². The van der Waals surface area contributed by atoms with Crippen LogP contribution in [0.1, 0.15) is 25.8 Å². The Kier molecular flexibility index (Phi) is 5.62. The highest BCUT2D eigenvalue weighted by Gasteiger charge is 2.25. The summed E-state index contributed by atoms with van der Waals surface area (Å²) in [5.74, 6) is 0.521. The molecule has 0 saturated heterocycles. The zero-order valence-corrected chi connectivity index (χ0v) is 10.7. The SMILES string of the molecule is CC(C)COCCC(N)(CO)c1ccccc1. The molecule has 0 bridgehead atoms. The number of benzene rings is 1. The summed E-state index contributed by atoms with van der Waals surface area (Å²) < 4.78 is 5.52. The van der Waals surface area contributed by atoms with Crippen LogP contribution in [0.5, 0.6) is 0 Å². The van der Waals surface area contributed by atoms with Crippen LogP contribution in [0.15, 0.2) is 30.3 Å². The monoisotopic (exact) mass is 237 g/mol. The molecule has 3 heteroatoms. The molecular formula is C14H23NO2. The van der Waals surface area contributed by atoms with Gasteiger partial charge in [-0.05, 0) is 17.9 Å². The number of ether oxygens (including phenoxy) is 1. The van der Waals surface area contributed by atoms with Crippen LogP contribution in [0.25, 0.3) is 0 Å². The van der Waals surface area contributed by atoms with Gasteiger partial charge >= 0.3 is 0 Å². The van der Waals surface area contributed by atoms with Gasteiger partial charge in [-0.25, -0.2) is 0 Å². The molecule has 0 aliphatic carbocycles. The minimum absolute atomic E-state index is 0.0674. The van der Waals surface area contributed by atoms with E-state index in [0.717, 1.165) is 12.2 Å². The molecule has 0 aliphatic heterocycles. The summed E-state index contributed by atoms with van der Waals surface area (Å²) in [5, 5.41) is 9.47. The van der Waals surface area contributed by atoms with Gasteiger partial charge in [-0.2, -0.15) is 0 Å². The fourth-order valence-corrected chi connectivity index (χ4v) is 1.66. The summed E-state index contributed by atoms with van der Waals surface area (Å²) in [5.41, 5.74) is 6.46. The second kappa shape index (κ2) is 6.74. The average molecular weight is 237 g/mol. The maximum atomic E-state index is 9.47. The minimum atomic E-state index is -0.696. The molecule has 1 rings (SSSR count). The van der Waals surface area contributed by atoms with E-state index in [4.69, 9.17) is 10.5 Å². The van der Waals surface area contributed by atoms with Gasteiger partial charge < -0.3 is 15.6 Å². The van der Waals surface area contributed by atoms with Gasteiger partial charge in [0, 0.05) is 13.2 Å². The summed E-state index contributed by atoms with van der Waals surface area (Å²) in [6, 6.07) is 9.69. The van der Waals surface area contributed by atoms with Gasteiger partial charge in [0.25, 0.3) is 0 Å². The van der Waals surface area contributed by atoms with Crippen molar-refractivity contribution in [1.29, 1.82) is 0 Å². The molecule has 0 amide bonds.